The molecular weight excluding hydrogens is 374 g/mol. The van der Waals surface area contributed by atoms with Gasteiger partial charge in [-0.05, 0) is 42.0 Å². The van der Waals surface area contributed by atoms with Gasteiger partial charge in [-0.2, -0.15) is 0 Å². The molecule has 2 heterocycles. The van der Waals surface area contributed by atoms with E-state index in [0.717, 1.165) is 11.6 Å². The van der Waals surface area contributed by atoms with E-state index >= 15 is 0 Å². The number of rotatable bonds is 6. The highest BCUT2D eigenvalue weighted by atomic mass is 19.1. The summed E-state index contributed by atoms with van der Waals surface area (Å²) in [6.07, 6.45) is 4.92. The third-order valence-electron chi connectivity index (χ3n) is 3.98. The molecule has 0 saturated carbocycles. The van der Waals surface area contributed by atoms with Gasteiger partial charge in [-0.1, -0.05) is 12.1 Å². The van der Waals surface area contributed by atoms with Crippen LogP contribution in [0.3, 0.4) is 0 Å². The molecule has 3 rings (SSSR count). The molecule has 0 bridgehead atoms. The normalized spacial score (nSPS) is 10.3. The van der Waals surface area contributed by atoms with E-state index < -0.39 is 11.6 Å². The fourth-order valence-electron chi connectivity index (χ4n) is 2.58. The summed E-state index contributed by atoms with van der Waals surface area (Å²) in [5.41, 5.74) is 1.59. The summed E-state index contributed by atoms with van der Waals surface area (Å²) in [6, 6.07) is 14.0. The highest BCUT2D eigenvalue weighted by Gasteiger charge is 2.06. The Morgan fingerprint density at radius 2 is 1.79 bits per heavy atom. The Kier molecular flexibility index (Phi) is 7.13. The van der Waals surface area contributed by atoms with Crippen molar-refractivity contribution in [1.82, 2.24) is 15.0 Å². The lowest BCUT2D eigenvalue weighted by Crippen LogP contribution is -2.08. The summed E-state index contributed by atoms with van der Waals surface area (Å²) in [5.74, 6) is -0.269. The number of benzene rings is 1. The van der Waals surface area contributed by atoms with Crippen molar-refractivity contribution in [3.63, 3.8) is 0 Å². The highest BCUT2D eigenvalue weighted by molar-refractivity contribution is 5.64. The number of hydrogen-bond donors (Lipinski definition) is 1. The average Bonchev–Trinajstić information content (AvgIpc) is 2.73. The van der Waals surface area contributed by atoms with Crippen LogP contribution in [0, 0.1) is 11.6 Å². The van der Waals surface area contributed by atoms with Gasteiger partial charge in [-0.3, -0.25) is 4.98 Å². The third kappa shape index (κ3) is 5.76. The van der Waals surface area contributed by atoms with Crippen molar-refractivity contribution in [2.45, 2.75) is 0 Å². The van der Waals surface area contributed by atoms with Gasteiger partial charge in [0.25, 0.3) is 0 Å². The van der Waals surface area contributed by atoms with E-state index in [4.69, 9.17) is 4.74 Å². The lowest BCUT2D eigenvalue weighted by atomic mass is 10.1. The molecule has 0 fully saturated rings. The number of methoxy groups -OCH3 is 1. The Morgan fingerprint density at radius 3 is 2.55 bits per heavy atom. The summed E-state index contributed by atoms with van der Waals surface area (Å²) < 4.78 is 32.6. The third-order valence-corrected chi connectivity index (χ3v) is 3.98. The molecule has 0 aliphatic heterocycles. The molecule has 5 nitrogen and oxygen atoms in total. The molecule has 0 radical (unpaired) electrons. The van der Waals surface area contributed by atoms with E-state index in [2.05, 4.69) is 20.3 Å². The van der Waals surface area contributed by atoms with Crippen molar-refractivity contribution in [1.29, 1.82) is 0 Å². The molecule has 148 valence electrons. The number of nitrogens with one attached hydrogen (secondary N) is 1. The van der Waals surface area contributed by atoms with Crippen molar-refractivity contribution in [2.24, 2.45) is 0 Å². The highest BCUT2D eigenvalue weighted by Crippen LogP contribution is 2.23. The predicted molar refractivity (Wildman–Crippen MR) is 109 cm³/mol. The number of hydrogen-bond acceptors (Lipinski definition) is 5. The molecule has 0 atom stereocenters. The first kappa shape index (κ1) is 20.3. The van der Waals surface area contributed by atoms with Crippen molar-refractivity contribution >= 4 is 5.82 Å². The van der Waals surface area contributed by atoms with Gasteiger partial charge >= 0.3 is 0 Å². The van der Waals surface area contributed by atoms with Gasteiger partial charge in [-0.25, -0.2) is 18.7 Å². The Labute approximate surface area is 167 Å². The monoisotopic (exact) mass is 394 g/mol. The lowest BCUT2D eigenvalue weighted by molar-refractivity contribution is 0.210. The van der Waals surface area contributed by atoms with Crippen LogP contribution in [0.2, 0.25) is 0 Å². The molecule has 3 aromatic rings. The second kappa shape index (κ2) is 10.2. The molecule has 2 aromatic heterocycles. The molecule has 0 aliphatic rings. The molecule has 1 aromatic carbocycles. The zero-order chi connectivity index (χ0) is 20.5. The zero-order valence-corrected chi connectivity index (χ0v) is 15.8. The Morgan fingerprint density at radius 1 is 0.966 bits per heavy atom. The summed E-state index contributed by atoms with van der Waals surface area (Å²) in [4.78, 5) is 13.1. The molecule has 7 heteroatoms. The van der Waals surface area contributed by atoms with E-state index in [1.807, 2.05) is 6.07 Å². The van der Waals surface area contributed by atoms with Gasteiger partial charge in [0.1, 0.15) is 17.5 Å². The number of anilines is 1. The number of aromatic nitrogens is 3. The molecule has 0 aliphatic carbocycles. The van der Waals surface area contributed by atoms with Crippen LogP contribution >= 0.6 is 0 Å². The summed E-state index contributed by atoms with van der Waals surface area (Å²) in [5, 5.41) is 3.17. The minimum Gasteiger partial charge on any atom is -0.383 e. The van der Waals surface area contributed by atoms with Gasteiger partial charge in [0.15, 0.2) is 5.82 Å². The predicted octanol–water partition coefficient (Wildman–Crippen LogP) is 4.67. The number of nitrogens with zero attached hydrogens (tertiary/aromatic N) is 3. The van der Waals surface area contributed by atoms with Crippen molar-refractivity contribution in [3.8, 4) is 22.5 Å². The van der Waals surface area contributed by atoms with Crippen LogP contribution in [-0.4, -0.2) is 35.2 Å². The second-order valence-electron chi connectivity index (χ2n) is 6.03. The second-order valence-corrected chi connectivity index (χ2v) is 6.03. The summed E-state index contributed by atoms with van der Waals surface area (Å²) in [6.45, 7) is 1.02. The first-order valence-corrected chi connectivity index (χ1v) is 8.97. The minimum absolute atomic E-state index is 0.278. The first-order chi connectivity index (χ1) is 14.2. The Bertz CT molecular complexity index is 1010. The van der Waals surface area contributed by atoms with E-state index in [1.165, 1.54) is 12.1 Å². The molecule has 29 heavy (non-hydrogen) atoms. The van der Waals surface area contributed by atoms with Crippen LogP contribution in [0.25, 0.3) is 22.5 Å². The average molecular weight is 394 g/mol. The maximum absolute atomic E-state index is 14.2. The van der Waals surface area contributed by atoms with Gasteiger partial charge in [0.05, 0.1) is 6.61 Å². The van der Waals surface area contributed by atoms with Gasteiger partial charge < -0.3 is 10.1 Å². The molecule has 0 amide bonds. The van der Waals surface area contributed by atoms with Gasteiger partial charge in [0.2, 0.25) is 0 Å². The zero-order valence-electron chi connectivity index (χ0n) is 15.8. The Hall–Kier alpha value is -3.45. The van der Waals surface area contributed by atoms with Crippen molar-refractivity contribution in [2.75, 3.05) is 25.6 Å². The minimum atomic E-state index is -0.642. The van der Waals surface area contributed by atoms with E-state index in [9.17, 15) is 8.78 Å². The molecule has 0 saturated heterocycles. The fraction of sp³-hybridized carbons (Fsp3) is 0.136. The van der Waals surface area contributed by atoms with Gasteiger partial charge in [-0.15, -0.1) is 0 Å². The Balaban J connectivity index is 2.10. The maximum Gasteiger partial charge on any atom is 0.163 e. The molecular formula is C22H20F2N4O. The summed E-state index contributed by atoms with van der Waals surface area (Å²) in [7, 11) is 1.61. The van der Waals surface area contributed by atoms with Gasteiger partial charge in [0, 0.05) is 49.4 Å². The van der Waals surface area contributed by atoms with Crippen LogP contribution in [-0.2, 0) is 4.74 Å². The first-order valence-electron chi connectivity index (χ1n) is 8.97. The number of pyridine rings is 1. The van der Waals surface area contributed by atoms with Crippen molar-refractivity contribution in [3.05, 3.63) is 84.8 Å². The number of halogens is 2. The SMILES string of the molecule is COCCNc1ccc(-c2ccc(F)cc2F)cccnc(-c2cccnc2)n1. The van der Waals surface area contributed by atoms with E-state index in [1.54, 1.807) is 56.0 Å². The van der Waals surface area contributed by atoms with E-state index in [0.29, 0.717) is 30.4 Å². The van der Waals surface area contributed by atoms with E-state index in [-0.39, 0.29) is 5.56 Å². The van der Waals surface area contributed by atoms with Crippen LogP contribution in [0.4, 0.5) is 14.6 Å². The smallest absolute Gasteiger partial charge is 0.163 e. The van der Waals surface area contributed by atoms with Crippen LogP contribution in [0.5, 0.6) is 0 Å². The van der Waals surface area contributed by atoms with Crippen LogP contribution < -0.4 is 5.32 Å². The fourth-order valence-corrected chi connectivity index (χ4v) is 2.58. The molecule has 0 unspecified atom stereocenters. The largest absolute Gasteiger partial charge is 0.383 e. The van der Waals surface area contributed by atoms with Crippen molar-refractivity contribution < 1.29 is 13.5 Å². The topological polar surface area (TPSA) is 59.9 Å². The quantitative estimate of drug-likeness (QED) is 0.616. The maximum atomic E-state index is 14.2. The summed E-state index contributed by atoms with van der Waals surface area (Å²) >= 11 is 0. The lowest BCUT2D eigenvalue weighted by Gasteiger charge is -2.06. The number of ether oxygens (including phenoxy) is 1. The molecule has 1 N–H and O–H groups in total. The van der Waals surface area contributed by atoms with Crippen LogP contribution in [0.1, 0.15) is 0 Å². The molecule has 0 spiro atoms. The van der Waals surface area contributed by atoms with Crippen LogP contribution in [0.15, 0.2) is 73.2 Å². The standard InChI is InChI=1S/C22H20F2N4O/c1-29-13-12-26-21-9-6-16(19-8-7-18(23)14-20(19)24)4-3-11-27-22(28-21)17-5-2-10-25-15-17/h2-11,14-15H,12-13H2,1H3,(H,26,27,28).